The van der Waals surface area contributed by atoms with Crippen LogP contribution in [0, 0.1) is 0 Å². The predicted octanol–water partition coefficient (Wildman–Crippen LogP) is 0.949. The van der Waals surface area contributed by atoms with E-state index >= 15 is 0 Å². The van der Waals surface area contributed by atoms with Crippen LogP contribution in [0.2, 0.25) is 0 Å². The van der Waals surface area contributed by atoms with Crippen molar-refractivity contribution in [2.75, 3.05) is 27.2 Å². The van der Waals surface area contributed by atoms with Crippen LogP contribution in [0.4, 0.5) is 0 Å². The molecule has 0 saturated carbocycles. The van der Waals surface area contributed by atoms with E-state index < -0.39 is 0 Å². The van der Waals surface area contributed by atoms with Gasteiger partial charge in [0.2, 0.25) is 5.91 Å². The molecule has 0 radical (unpaired) electrons. The summed E-state index contributed by atoms with van der Waals surface area (Å²) < 4.78 is 0. The number of nitrogens with zero attached hydrogens (tertiary/aromatic N) is 2. The molecule has 0 bridgehead atoms. The van der Waals surface area contributed by atoms with E-state index in [2.05, 4.69) is 13.8 Å². The van der Waals surface area contributed by atoms with Crippen molar-refractivity contribution in [2.45, 2.75) is 32.2 Å². The standard InChI is InChI=1S/C10H20N2O/c1-10(2)6-5-7-12(10)9(13)8-11(3)4/h5-8H2,1-4H3. The summed E-state index contributed by atoms with van der Waals surface area (Å²) in [6.07, 6.45) is 2.28. The lowest BCUT2D eigenvalue weighted by molar-refractivity contribution is -0.134. The molecule has 1 aliphatic heterocycles. The van der Waals surface area contributed by atoms with Gasteiger partial charge in [0.25, 0.3) is 0 Å². The molecule has 1 heterocycles. The summed E-state index contributed by atoms with van der Waals surface area (Å²) in [7, 11) is 3.86. The van der Waals surface area contributed by atoms with Gasteiger partial charge in [0, 0.05) is 12.1 Å². The van der Waals surface area contributed by atoms with Crippen LogP contribution in [0.1, 0.15) is 26.7 Å². The Morgan fingerprint density at radius 3 is 2.46 bits per heavy atom. The van der Waals surface area contributed by atoms with Crippen molar-refractivity contribution in [3.05, 3.63) is 0 Å². The van der Waals surface area contributed by atoms with E-state index in [9.17, 15) is 4.79 Å². The minimum Gasteiger partial charge on any atom is -0.336 e. The molecular formula is C10H20N2O. The van der Waals surface area contributed by atoms with Crippen molar-refractivity contribution in [2.24, 2.45) is 0 Å². The molecule has 13 heavy (non-hydrogen) atoms. The second-order valence-electron chi connectivity index (χ2n) is 4.70. The van der Waals surface area contributed by atoms with Crippen LogP contribution in [0.5, 0.6) is 0 Å². The first-order chi connectivity index (χ1) is 5.93. The average molecular weight is 184 g/mol. The fraction of sp³-hybridized carbons (Fsp3) is 0.900. The third-order valence-electron chi connectivity index (χ3n) is 2.65. The summed E-state index contributed by atoms with van der Waals surface area (Å²) in [5.41, 5.74) is 0.0765. The van der Waals surface area contributed by atoms with Crippen LogP contribution in [-0.2, 0) is 4.79 Å². The normalized spacial score (nSPS) is 21.2. The van der Waals surface area contributed by atoms with E-state index in [0.29, 0.717) is 6.54 Å². The van der Waals surface area contributed by atoms with Crippen molar-refractivity contribution >= 4 is 5.91 Å². The van der Waals surface area contributed by atoms with E-state index in [4.69, 9.17) is 0 Å². The molecule has 3 nitrogen and oxygen atoms in total. The minimum absolute atomic E-state index is 0.0765. The van der Waals surface area contributed by atoms with Gasteiger partial charge in [0.15, 0.2) is 0 Å². The quantitative estimate of drug-likeness (QED) is 0.638. The van der Waals surface area contributed by atoms with Gasteiger partial charge in [-0.05, 0) is 40.8 Å². The SMILES string of the molecule is CN(C)CC(=O)N1CCCC1(C)C. The average Bonchev–Trinajstić information content (AvgIpc) is 2.27. The fourth-order valence-electron chi connectivity index (χ4n) is 1.93. The largest absolute Gasteiger partial charge is 0.336 e. The molecule has 1 aliphatic rings. The number of likely N-dealkylation sites (tertiary alicyclic amines) is 1. The molecule has 0 aromatic rings. The molecule has 1 saturated heterocycles. The molecule has 0 N–H and O–H groups in total. The number of hydrogen-bond donors (Lipinski definition) is 0. The van der Waals surface area contributed by atoms with E-state index in [1.165, 1.54) is 0 Å². The third-order valence-corrected chi connectivity index (χ3v) is 2.65. The maximum Gasteiger partial charge on any atom is 0.237 e. The maximum absolute atomic E-state index is 11.8. The second kappa shape index (κ2) is 3.66. The number of hydrogen-bond acceptors (Lipinski definition) is 2. The smallest absolute Gasteiger partial charge is 0.237 e. The van der Waals surface area contributed by atoms with Crippen LogP contribution < -0.4 is 0 Å². The highest BCUT2D eigenvalue weighted by atomic mass is 16.2. The molecule has 1 amide bonds. The highest BCUT2D eigenvalue weighted by Gasteiger charge is 2.34. The summed E-state index contributed by atoms with van der Waals surface area (Å²) >= 11 is 0. The van der Waals surface area contributed by atoms with Crippen LogP contribution in [-0.4, -0.2) is 48.4 Å². The van der Waals surface area contributed by atoms with Crippen molar-refractivity contribution in [3.8, 4) is 0 Å². The van der Waals surface area contributed by atoms with Crippen LogP contribution in [0.3, 0.4) is 0 Å². The Balaban J connectivity index is 2.56. The van der Waals surface area contributed by atoms with Gasteiger partial charge < -0.3 is 9.80 Å². The minimum atomic E-state index is 0.0765. The number of carbonyl (C=O) groups is 1. The third kappa shape index (κ3) is 2.44. The lowest BCUT2D eigenvalue weighted by Gasteiger charge is -2.32. The highest BCUT2D eigenvalue weighted by Crippen LogP contribution is 2.27. The van der Waals surface area contributed by atoms with Crippen molar-refractivity contribution in [1.82, 2.24) is 9.80 Å². The van der Waals surface area contributed by atoms with Gasteiger partial charge in [-0.3, -0.25) is 4.79 Å². The van der Waals surface area contributed by atoms with Gasteiger partial charge in [-0.1, -0.05) is 0 Å². The zero-order valence-corrected chi connectivity index (χ0v) is 9.13. The zero-order chi connectivity index (χ0) is 10.1. The fourth-order valence-corrected chi connectivity index (χ4v) is 1.93. The zero-order valence-electron chi connectivity index (χ0n) is 9.13. The monoisotopic (exact) mass is 184 g/mol. The molecule has 0 unspecified atom stereocenters. The predicted molar refractivity (Wildman–Crippen MR) is 53.6 cm³/mol. The lowest BCUT2D eigenvalue weighted by atomic mass is 10.0. The topological polar surface area (TPSA) is 23.6 Å². The molecule has 3 heteroatoms. The summed E-state index contributed by atoms with van der Waals surface area (Å²) in [5, 5.41) is 0. The Hall–Kier alpha value is -0.570. The Morgan fingerprint density at radius 2 is 2.08 bits per heavy atom. The van der Waals surface area contributed by atoms with E-state index in [1.54, 1.807) is 0 Å². The molecule has 1 fully saturated rings. The maximum atomic E-state index is 11.8. The molecule has 76 valence electrons. The number of amides is 1. The van der Waals surface area contributed by atoms with Crippen molar-refractivity contribution < 1.29 is 4.79 Å². The number of carbonyl (C=O) groups excluding carboxylic acids is 1. The van der Waals surface area contributed by atoms with Gasteiger partial charge in [-0.25, -0.2) is 0 Å². The van der Waals surface area contributed by atoms with Crippen LogP contribution in [0.25, 0.3) is 0 Å². The van der Waals surface area contributed by atoms with Crippen molar-refractivity contribution in [3.63, 3.8) is 0 Å². The van der Waals surface area contributed by atoms with Crippen molar-refractivity contribution in [1.29, 1.82) is 0 Å². The van der Waals surface area contributed by atoms with Crippen LogP contribution >= 0.6 is 0 Å². The Morgan fingerprint density at radius 1 is 1.46 bits per heavy atom. The van der Waals surface area contributed by atoms with Crippen LogP contribution in [0.15, 0.2) is 0 Å². The van der Waals surface area contributed by atoms with Gasteiger partial charge in [-0.2, -0.15) is 0 Å². The number of rotatable bonds is 2. The molecule has 0 aromatic heterocycles. The second-order valence-corrected chi connectivity index (χ2v) is 4.70. The van der Waals surface area contributed by atoms with Gasteiger partial charge in [0.05, 0.1) is 6.54 Å². The summed E-state index contributed by atoms with van der Waals surface area (Å²) in [4.78, 5) is 15.7. The first kappa shape index (κ1) is 10.5. The molecular weight excluding hydrogens is 164 g/mol. The summed E-state index contributed by atoms with van der Waals surface area (Å²) in [5.74, 6) is 0.257. The van der Waals surface area contributed by atoms with Gasteiger partial charge >= 0.3 is 0 Å². The molecule has 1 rings (SSSR count). The molecule has 0 spiro atoms. The first-order valence-electron chi connectivity index (χ1n) is 4.89. The summed E-state index contributed by atoms with van der Waals surface area (Å²) in [6.45, 7) is 5.75. The Bertz CT molecular complexity index is 199. The molecule has 0 atom stereocenters. The highest BCUT2D eigenvalue weighted by molar-refractivity contribution is 5.79. The Labute approximate surface area is 80.7 Å². The first-order valence-corrected chi connectivity index (χ1v) is 4.89. The van der Waals surface area contributed by atoms with Gasteiger partial charge in [0.1, 0.15) is 0 Å². The van der Waals surface area contributed by atoms with Gasteiger partial charge in [-0.15, -0.1) is 0 Å². The van der Waals surface area contributed by atoms with E-state index in [0.717, 1.165) is 19.4 Å². The Kier molecular flexibility index (Phi) is 2.96. The molecule has 0 aromatic carbocycles. The lowest BCUT2D eigenvalue weighted by Crippen LogP contribution is -2.46. The van der Waals surface area contributed by atoms with E-state index in [1.807, 2.05) is 23.9 Å². The van der Waals surface area contributed by atoms with E-state index in [-0.39, 0.29) is 11.4 Å². The number of likely N-dealkylation sites (N-methyl/N-ethyl adjacent to an activating group) is 1. The summed E-state index contributed by atoms with van der Waals surface area (Å²) in [6, 6.07) is 0. The molecule has 0 aliphatic carbocycles.